The number of hydrogen-bond acceptors (Lipinski definition) is 6. The van der Waals surface area contributed by atoms with Gasteiger partial charge in [-0.05, 0) is 48.4 Å². The maximum atomic E-state index is 13.0. The van der Waals surface area contributed by atoms with Gasteiger partial charge in [0, 0.05) is 25.4 Å². The standard InChI is InChI=1S/C27H26N2O5/c1-18-16-20(11-12-22(18)34-17-19-8-4-3-5-9-19)25(30)23-24(21-10-6-7-13-28-21)29(14-15-33-2)27(32)26(23)31/h3-13,16,24,30H,14-15,17H2,1-2H3/b25-23-. The number of aryl methyl sites for hydroxylation is 1. The lowest BCUT2D eigenvalue weighted by Gasteiger charge is -2.24. The number of methoxy groups -OCH3 is 1. The number of amides is 1. The Balaban J connectivity index is 1.68. The van der Waals surface area contributed by atoms with Crippen molar-refractivity contribution in [3.05, 3.63) is 101 Å². The molecule has 1 N–H and O–H groups in total. The van der Waals surface area contributed by atoms with E-state index in [-0.39, 0.29) is 24.5 Å². The topological polar surface area (TPSA) is 89.0 Å². The summed E-state index contributed by atoms with van der Waals surface area (Å²) >= 11 is 0. The molecular weight excluding hydrogens is 432 g/mol. The maximum absolute atomic E-state index is 13.0. The lowest BCUT2D eigenvalue weighted by molar-refractivity contribution is -0.140. The van der Waals surface area contributed by atoms with Crippen LogP contribution in [-0.2, 0) is 20.9 Å². The molecular formula is C27H26N2O5. The van der Waals surface area contributed by atoms with Gasteiger partial charge < -0.3 is 19.5 Å². The van der Waals surface area contributed by atoms with Gasteiger partial charge in [0.2, 0.25) is 0 Å². The number of ketones is 1. The zero-order chi connectivity index (χ0) is 24.1. The minimum atomic E-state index is -0.800. The van der Waals surface area contributed by atoms with Gasteiger partial charge in [-0.3, -0.25) is 14.6 Å². The van der Waals surface area contributed by atoms with Crippen molar-refractivity contribution in [2.24, 2.45) is 0 Å². The van der Waals surface area contributed by atoms with Crippen LogP contribution in [0.5, 0.6) is 5.75 Å². The van der Waals surface area contributed by atoms with Crippen LogP contribution in [0.4, 0.5) is 0 Å². The second-order valence-corrected chi connectivity index (χ2v) is 7.99. The second-order valence-electron chi connectivity index (χ2n) is 7.99. The summed E-state index contributed by atoms with van der Waals surface area (Å²) in [7, 11) is 1.52. The van der Waals surface area contributed by atoms with Crippen LogP contribution < -0.4 is 4.74 Å². The molecule has 1 aromatic heterocycles. The summed E-state index contributed by atoms with van der Waals surface area (Å²) in [4.78, 5) is 31.5. The van der Waals surface area contributed by atoms with Gasteiger partial charge in [-0.1, -0.05) is 36.4 Å². The highest BCUT2D eigenvalue weighted by molar-refractivity contribution is 6.46. The highest BCUT2D eigenvalue weighted by atomic mass is 16.5. The smallest absolute Gasteiger partial charge is 0.295 e. The second kappa shape index (κ2) is 10.3. The molecule has 1 aliphatic heterocycles. The van der Waals surface area contributed by atoms with Crippen LogP contribution in [0.1, 0.15) is 28.4 Å². The lowest BCUT2D eigenvalue weighted by Crippen LogP contribution is -2.33. The van der Waals surface area contributed by atoms with Crippen LogP contribution in [0.25, 0.3) is 5.76 Å². The molecule has 0 spiro atoms. The van der Waals surface area contributed by atoms with E-state index in [2.05, 4.69) is 4.98 Å². The number of pyridine rings is 1. The number of ether oxygens (including phenoxy) is 2. The van der Waals surface area contributed by atoms with Crippen molar-refractivity contribution in [2.45, 2.75) is 19.6 Å². The van der Waals surface area contributed by atoms with Gasteiger partial charge in [-0.25, -0.2) is 0 Å². The number of carbonyl (C=O) groups excluding carboxylic acids is 2. The molecule has 7 nitrogen and oxygen atoms in total. The van der Waals surface area contributed by atoms with Crippen molar-refractivity contribution in [1.29, 1.82) is 0 Å². The molecule has 1 saturated heterocycles. The van der Waals surface area contributed by atoms with Crippen LogP contribution in [-0.4, -0.2) is 46.9 Å². The largest absolute Gasteiger partial charge is 0.507 e. The Bertz CT molecular complexity index is 1210. The third kappa shape index (κ3) is 4.70. The predicted octanol–water partition coefficient (Wildman–Crippen LogP) is 4.04. The van der Waals surface area contributed by atoms with E-state index >= 15 is 0 Å². The van der Waals surface area contributed by atoms with Crippen LogP contribution in [0.2, 0.25) is 0 Å². The van der Waals surface area contributed by atoms with Gasteiger partial charge in [0.15, 0.2) is 0 Å². The summed E-state index contributed by atoms with van der Waals surface area (Å²) in [6.45, 7) is 2.73. The fourth-order valence-corrected chi connectivity index (χ4v) is 3.99. The lowest BCUT2D eigenvalue weighted by atomic mass is 9.97. The zero-order valence-electron chi connectivity index (χ0n) is 19.1. The Hall–Kier alpha value is -3.97. The van der Waals surface area contributed by atoms with Crippen LogP contribution >= 0.6 is 0 Å². The summed E-state index contributed by atoms with van der Waals surface area (Å²) in [5.74, 6) is -1.01. The first-order chi connectivity index (χ1) is 16.5. The van der Waals surface area contributed by atoms with Crippen molar-refractivity contribution >= 4 is 17.4 Å². The van der Waals surface area contributed by atoms with E-state index in [1.807, 2.05) is 37.3 Å². The molecule has 2 aromatic carbocycles. The Morgan fingerprint density at radius 3 is 2.50 bits per heavy atom. The van der Waals surface area contributed by atoms with Crippen molar-refractivity contribution in [1.82, 2.24) is 9.88 Å². The van der Waals surface area contributed by atoms with E-state index in [4.69, 9.17) is 9.47 Å². The number of aromatic nitrogens is 1. The Kier molecular flexibility index (Phi) is 7.04. The maximum Gasteiger partial charge on any atom is 0.295 e. The average molecular weight is 459 g/mol. The SMILES string of the molecule is COCCN1C(=O)C(=O)/C(=C(\O)c2ccc(OCc3ccccc3)c(C)c2)C1c1ccccn1. The average Bonchev–Trinajstić information content (AvgIpc) is 3.12. The number of benzene rings is 2. The zero-order valence-corrected chi connectivity index (χ0v) is 19.1. The molecule has 4 rings (SSSR count). The van der Waals surface area contributed by atoms with Gasteiger partial charge in [0.25, 0.3) is 11.7 Å². The van der Waals surface area contributed by atoms with Gasteiger partial charge in [-0.2, -0.15) is 0 Å². The monoisotopic (exact) mass is 458 g/mol. The number of rotatable bonds is 8. The Morgan fingerprint density at radius 1 is 1.06 bits per heavy atom. The summed E-state index contributed by atoms with van der Waals surface area (Å²) in [6.07, 6.45) is 1.59. The number of aliphatic hydroxyl groups excluding tert-OH is 1. The molecule has 1 atom stereocenters. The predicted molar refractivity (Wildman–Crippen MR) is 127 cm³/mol. The van der Waals surface area contributed by atoms with Gasteiger partial charge in [0.05, 0.1) is 17.9 Å². The summed E-state index contributed by atoms with van der Waals surface area (Å²) in [6, 6.07) is 19.5. The van der Waals surface area contributed by atoms with Crippen molar-refractivity contribution in [3.8, 4) is 5.75 Å². The van der Waals surface area contributed by atoms with Crippen molar-refractivity contribution < 1.29 is 24.2 Å². The molecule has 0 radical (unpaired) electrons. The molecule has 1 fully saturated rings. The Morgan fingerprint density at radius 2 is 1.82 bits per heavy atom. The fourth-order valence-electron chi connectivity index (χ4n) is 3.99. The molecule has 1 aliphatic rings. The summed E-state index contributed by atoms with van der Waals surface area (Å²) in [5.41, 5.74) is 2.77. The number of aliphatic hydroxyl groups is 1. The third-order valence-electron chi connectivity index (χ3n) is 5.73. The fraction of sp³-hybridized carbons (Fsp3) is 0.222. The molecule has 34 heavy (non-hydrogen) atoms. The normalized spacial score (nSPS) is 17.2. The third-order valence-corrected chi connectivity index (χ3v) is 5.73. The quantitative estimate of drug-likeness (QED) is 0.311. The number of likely N-dealkylation sites (tertiary alicyclic amines) is 1. The van der Waals surface area contributed by atoms with E-state index in [1.54, 1.807) is 42.6 Å². The van der Waals surface area contributed by atoms with E-state index in [0.717, 1.165) is 11.1 Å². The summed E-state index contributed by atoms with van der Waals surface area (Å²) in [5, 5.41) is 11.2. The van der Waals surface area contributed by atoms with Gasteiger partial charge in [-0.15, -0.1) is 0 Å². The van der Waals surface area contributed by atoms with Gasteiger partial charge in [0.1, 0.15) is 24.2 Å². The molecule has 3 aromatic rings. The molecule has 2 heterocycles. The highest BCUT2D eigenvalue weighted by Crippen LogP contribution is 2.38. The highest BCUT2D eigenvalue weighted by Gasteiger charge is 2.46. The minimum Gasteiger partial charge on any atom is -0.507 e. The summed E-state index contributed by atoms with van der Waals surface area (Å²) < 4.78 is 11.0. The Labute approximate surface area is 198 Å². The number of nitrogens with zero attached hydrogens (tertiary/aromatic N) is 2. The first kappa shape index (κ1) is 23.2. The first-order valence-corrected chi connectivity index (χ1v) is 11.0. The van der Waals surface area contributed by atoms with Crippen molar-refractivity contribution in [3.63, 3.8) is 0 Å². The number of Topliss-reactive ketones (excluding diaryl/α,β-unsaturated/α-hetero) is 1. The molecule has 174 valence electrons. The number of hydrogen-bond donors (Lipinski definition) is 1. The molecule has 0 saturated carbocycles. The number of carbonyl (C=O) groups is 2. The van der Waals surface area contributed by atoms with Crippen LogP contribution in [0.15, 0.2) is 78.5 Å². The van der Waals surface area contributed by atoms with Crippen LogP contribution in [0, 0.1) is 6.92 Å². The van der Waals surface area contributed by atoms with Crippen molar-refractivity contribution in [2.75, 3.05) is 20.3 Å². The van der Waals surface area contributed by atoms with E-state index in [0.29, 0.717) is 23.6 Å². The molecule has 1 unspecified atom stereocenters. The van der Waals surface area contributed by atoms with E-state index in [9.17, 15) is 14.7 Å². The molecule has 0 bridgehead atoms. The van der Waals surface area contributed by atoms with Gasteiger partial charge >= 0.3 is 0 Å². The first-order valence-electron chi connectivity index (χ1n) is 11.0. The van der Waals surface area contributed by atoms with Crippen LogP contribution in [0.3, 0.4) is 0 Å². The minimum absolute atomic E-state index is 0.0113. The van der Waals surface area contributed by atoms with E-state index < -0.39 is 17.7 Å². The molecule has 0 aliphatic carbocycles. The molecule has 1 amide bonds. The van der Waals surface area contributed by atoms with E-state index in [1.165, 1.54) is 12.0 Å². The molecule has 7 heteroatoms.